The molecule has 2 rings (SSSR count). The van der Waals surface area contributed by atoms with Gasteiger partial charge in [-0.1, -0.05) is 12.8 Å². The van der Waals surface area contributed by atoms with Gasteiger partial charge in [0, 0.05) is 5.92 Å². The lowest BCUT2D eigenvalue weighted by Crippen LogP contribution is -2.39. The summed E-state index contributed by atoms with van der Waals surface area (Å²) in [4.78, 5) is 11.8. The summed E-state index contributed by atoms with van der Waals surface area (Å²) >= 11 is 0. The number of hydrogen-bond acceptors (Lipinski definition) is 4. The summed E-state index contributed by atoms with van der Waals surface area (Å²) in [6.07, 6.45) is 2.73. The van der Waals surface area contributed by atoms with E-state index >= 15 is 0 Å². The monoisotopic (exact) mass is 356 g/mol. The largest absolute Gasteiger partial charge is 0.343 e. The SMILES string of the molecule is N#CCNC(=O)[C@@H]1CCCC[C@@H]1CS(=O)(=O)c1ccc(F)c(F)c1. The highest BCUT2D eigenvalue weighted by molar-refractivity contribution is 7.91. The number of nitriles is 1. The standard InChI is InChI=1S/C16H18F2N2O3S/c17-14-6-5-12(9-15(14)18)24(22,23)10-11-3-1-2-4-13(11)16(21)20-8-7-19/h5-6,9,11,13H,1-4,8,10H2,(H,20,21)/t11-,13-/m1/s1. The van der Waals surface area contributed by atoms with Crippen LogP contribution >= 0.6 is 0 Å². The van der Waals surface area contributed by atoms with E-state index in [2.05, 4.69) is 5.32 Å². The molecule has 1 fully saturated rings. The van der Waals surface area contributed by atoms with E-state index in [1.54, 1.807) is 0 Å². The molecule has 8 heteroatoms. The maximum absolute atomic E-state index is 13.3. The molecular weight excluding hydrogens is 338 g/mol. The number of carbonyl (C=O) groups is 1. The first-order valence-electron chi connectivity index (χ1n) is 7.67. The molecule has 1 amide bonds. The fraction of sp³-hybridized carbons (Fsp3) is 0.500. The number of rotatable bonds is 5. The van der Waals surface area contributed by atoms with Crippen molar-refractivity contribution in [2.45, 2.75) is 30.6 Å². The van der Waals surface area contributed by atoms with Gasteiger partial charge >= 0.3 is 0 Å². The second-order valence-corrected chi connectivity index (χ2v) is 7.92. The summed E-state index contributed by atoms with van der Waals surface area (Å²) in [6, 6.07) is 4.28. The molecule has 0 heterocycles. The maximum Gasteiger partial charge on any atom is 0.224 e. The number of amides is 1. The Kier molecular flexibility index (Phi) is 5.89. The molecule has 0 saturated heterocycles. The van der Waals surface area contributed by atoms with Gasteiger partial charge in [-0.15, -0.1) is 0 Å². The summed E-state index contributed by atoms with van der Waals surface area (Å²) in [5.74, 6) is -3.87. The molecule has 0 aromatic heterocycles. The van der Waals surface area contributed by atoms with Crippen LogP contribution in [0.25, 0.3) is 0 Å². The van der Waals surface area contributed by atoms with Crippen molar-refractivity contribution in [3.63, 3.8) is 0 Å². The Morgan fingerprint density at radius 3 is 2.62 bits per heavy atom. The van der Waals surface area contributed by atoms with Crippen LogP contribution in [-0.2, 0) is 14.6 Å². The summed E-state index contributed by atoms with van der Waals surface area (Å²) in [7, 11) is -3.84. The fourth-order valence-electron chi connectivity index (χ4n) is 3.06. The molecule has 5 nitrogen and oxygen atoms in total. The van der Waals surface area contributed by atoms with Crippen molar-refractivity contribution in [1.82, 2.24) is 5.32 Å². The average Bonchev–Trinajstić information content (AvgIpc) is 2.55. The molecule has 1 aromatic rings. The van der Waals surface area contributed by atoms with Gasteiger partial charge in [0.1, 0.15) is 6.54 Å². The molecule has 0 radical (unpaired) electrons. The normalized spacial score (nSPS) is 21.0. The van der Waals surface area contributed by atoms with Crippen molar-refractivity contribution >= 4 is 15.7 Å². The van der Waals surface area contributed by atoms with Crippen LogP contribution in [0.15, 0.2) is 23.1 Å². The van der Waals surface area contributed by atoms with E-state index in [4.69, 9.17) is 5.26 Å². The van der Waals surface area contributed by atoms with Crippen LogP contribution in [0.4, 0.5) is 8.78 Å². The first-order valence-corrected chi connectivity index (χ1v) is 9.33. The van der Waals surface area contributed by atoms with Gasteiger partial charge in [0.25, 0.3) is 0 Å². The van der Waals surface area contributed by atoms with Crippen LogP contribution in [0.3, 0.4) is 0 Å². The van der Waals surface area contributed by atoms with E-state index < -0.39 is 33.3 Å². The number of halogens is 2. The van der Waals surface area contributed by atoms with Gasteiger partial charge in [0.2, 0.25) is 5.91 Å². The molecule has 1 aromatic carbocycles. The molecule has 2 atom stereocenters. The number of nitrogens with one attached hydrogen (secondary N) is 1. The van der Waals surface area contributed by atoms with Crippen molar-refractivity contribution in [1.29, 1.82) is 5.26 Å². The first kappa shape index (κ1) is 18.3. The van der Waals surface area contributed by atoms with Crippen molar-refractivity contribution in [3.05, 3.63) is 29.8 Å². The molecule has 0 unspecified atom stereocenters. The van der Waals surface area contributed by atoms with E-state index in [-0.39, 0.29) is 23.1 Å². The summed E-state index contributed by atoms with van der Waals surface area (Å²) < 4.78 is 51.2. The van der Waals surface area contributed by atoms with E-state index in [1.165, 1.54) is 0 Å². The third-order valence-electron chi connectivity index (χ3n) is 4.27. The predicted molar refractivity (Wildman–Crippen MR) is 82.5 cm³/mol. The van der Waals surface area contributed by atoms with Crippen LogP contribution in [-0.4, -0.2) is 26.6 Å². The van der Waals surface area contributed by atoms with Crippen molar-refractivity contribution in [2.24, 2.45) is 11.8 Å². The Hall–Kier alpha value is -2.01. The highest BCUT2D eigenvalue weighted by Crippen LogP contribution is 2.32. The molecule has 130 valence electrons. The van der Waals surface area contributed by atoms with Gasteiger partial charge in [0.05, 0.1) is 16.7 Å². The van der Waals surface area contributed by atoms with Crippen molar-refractivity contribution in [3.8, 4) is 6.07 Å². The van der Waals surface area contributed by atoms with Gasteiger partial charge in [-0.25, -0.2) is 17.2 Å². The third-order valence-corrected chi connectivity index (χ3v) is 6.11. The zero-order valence-electron chi connectivity index (χ0n) is 13.0. The molecule has 0 bridgehead atoms. The molecule has 24 heavy (non-hydrogen) atoms. The number of hydrogen-bond donors (Lipinski definition) is 1. The Labute approximate surface area is 139 Å². The Balaban J connectivity index is 2.17. The van der Waals surface area contributed by atoms with Gasteiger partial charge in [0.15, 0.2) is 21.5 Å². The smallest absolute Gasteiger partial charge is 0.224 e. The van der Waals surface area contributed by atoms with E-state index in [0.717, 1.165) is 25.0 Å². The average molecular weight is 356 g/mol. The van der Waals surface area contributed by atoms with Gasteiger partial charge in [-0.3, -0.25) is 4.79 Å². The number of carbonyl (C=O) groups excluding carboxylic acids is 1. The van der Waals surface area contributed by atoms with Crippen molar-refractivity contribution < 1.29 is 22.0 Å². The minimum atomic E-state index is -3.84. The topological polar surface area (TPSA) is 87.0 Å². The summed E-state index contributed by atoms with van der Waals surface area (Å²) in [6.45, 7) is -0.127. The highest BCUT2D eigenvalue weighted by atomic mass is 32.2. The van der Waals surface area contributed by atoms with Gasteiger partial charge < -0.3 is 5.32 Å². The zero-order valence-corrected chi connectivity index (χ0v) is 13.8. The predicted octanol–water partition coefficient (Wildman–Crippen LogP) is 2.18. The van der Waals surface area contributed by atoms with Gasteiger partial charge in [-0.2, -0.15) is 5.26 Å². The molecule has 0 spiro atoms. The fourth-order valence-corrected chi connectivity index (χ4v) is 4.77. The van der Waals surface area contributed by atoms with Crippen LogP contribution in [0.2, 0.25) is 0 Å². The summed E-state index contributed by atoms with van der Waals surface area (Å²) in [5, 5.41) is 11.0. The van der Waals surface area contributed by atoms with E-state index in [0.29, 0.717) is 18.9 Å². The van der Waals surface area contributed by atoms with Gasteiger partial charge in [-0.05, 0) is 37.0 Å². The lowest BCUT2D eigenvalue weighted by molar-refractivity contribution is -0.127. The second kappa shape index (κ2) is 7.71. The summed E-state index contributed by atoms with van der Waals surface area (Å²) in [5.41, 5.74) is 0. The van der Waals surface area contributed by atoms with Crippen LogP contribution < -0.4 is 5.32 Å². The quantitative estimate of drug-likeness (QED) is 0.647. The molecule has 1 N–H and O–H groups in total. The van der Waals surface area contributed by atoms with E-state index in [1.807, 2.05) is 6.07 Å². The van der Waals surface area contributed by atoms with Crippen LogP contribution in [0.5, 0.6) is 0 Å². The molecule has 0 aliphatic heterocycles. The van der Waals surface area contributed by atoms with Crippen molar-refractivity contribution in [2.75, 3.05) is 12.3 Å². The molecule has 1 saturated carbocycles. The Bertz CT molecular complexity index is 759. The molecule has 1 aliphatic rings. The maximum atomic E-state index is 13.3. The van der Waals surface area contributed by atoms with Crippen LogP contribution in [0, 0.1) is 34.8 Å². The lowest BCUT2D eigenvalue weighted by Gasteiger charge is -2.30. The number of sulfone groups is 1. The minimum Gasteiger partial charge on any atom is -0.343 e. The second-order valence-electron chi connectivity index (χ2n) is 5.88. The molecular formula is C16H18F2N2O3S. The Morgan fingerprint density at radius 2 is 1.96 bits per heavy atom. The first-order chi connectivity index (χ1) is 11.3. The van der Waals surface area contributed by atoms with E-state index in [9.17, 15) is 22.0 Å². The third kappa shape index (κ3) is 4.29. The highest BCUT2D eigenvalue weighted by Gasteiger charge is 2.34. The minimum absolute atomic E-state index is 0.127. The Morgan fingerprint density at radius 1 is 1.25 bits per heavy atom. The molecule has 1 aliphatic carbocycles. The number of nitrogens with zero attached hydrogens (tertiary/aromatic N) is 1. The van der Waals surface area contributed by atoms with Crippen LogP contribution in [0.1, 0.15) is 25.7 Å². The number of benzene rings is 1. The zero-order chi connectivity index (χ0) is 17.7. The lowest BCUT2D eigenvalue weighted by atomic mass is 9.80.